The van der Waals surface area contributed by atoms with Gasteiger partial charge in [0.1, 0.15) is 0 Å². The highest BCUT2D eigenvalue weighted by Crippen LogP contribution is 2.21. The van der Waals surface area contributed by atoms with Gasteiger partial charge in [-0.2, -0.15) is 4.98 Å². The molecule has 0 bridgehead atoms. The Morgan fingerprint density at radius 3 is 2.71 bits per heavy atom. The molecule has 5 heteroatoms. The van der Waals surface area contributed by atoms with E-state index in [0.29, 0.717) is 18.3 Å². The van der Waals surface area contributed by atoms with Crippen molar-refractivity contribution >= 4 is 21.6 Å². The number of halogens is 1. The van der Waals surface area contributed by atoms with E-state index in [1.54, 1.807) is 0 Å². The molecule has 3 aromatic rings. The van der Waals surface area contributed by atoms with Gasteiger partial charge in [0.15, 0.2) is 5.82 Å². The van der Waals surface area contributed by atoms with Crippen LogP contribution in [0, 0.1) is 6.92 Å². The second-order valence-electron chi connectivity index (χ2n) is 4.69. The normalized spacial score (nSPS) is 10.6. The summed E-state index contributed by atoms with van der Waals surface area (Å²) < 4.78 is 6.35. The first-order chi connectivity index (χ1) is 10.2. The highest BCUT2D eigenvalue weighted by atomic mass is 79.9. The van der Waals surface area contributed by atoms with Crippen molar-refractivity contribution in [2.45, 2.75) is 13.5 Å². The Balaban J connectivity index is 1.70. The molecule has 0 aliphatic rings. The van der Waals surface area contributed by atoms with Gasteiger partial charge in [-0.15, -0.1) is 0 Å². The van der Waals surface area contributed by atoms with Crippen molar-refractivity contribution in [2.24, 2.45) is 0 Å². The average Bonchev–Trinajstić information content (AvgIpc) is 2.96. The van der Waals surface area contributed by atoms with Crippen LogP contribution in [-0.2, 0) is 6.54 Å². The molecule has 106 valence electrons. The molecule has 21 heavy (non-hydrogen) atoms. The fourth-order valence-corrected chi connectivity index (χ4v) is 2.50. The van der Waals surface area contributed by atoms with Gasteiger partial charge in [-0.3, -0.25) is 0 Å². The maximum absolute atomic E-state index is 5.28. The molecular formula is C16H14BrN3O. The van der Waals surface area contributed by atoms with Crippen LogP contribution in [0.2, 0.25) is 0 Å². The number of nitrogens with zero attached hydrogens (tertiary/aromatic N) is 2. The molecule has 0 fully saturated rings. The molecule has 0 saturated carbocycles. The van der Waals surface area contributed by atoms with Crippen molar-refractivity contribution in [3.05, 3.63) is 64.4 Å². The SMILES string of the molecule is Cc1cc(Br)ccc1NCc1noc(-c2ccccc2)n1. The molecule has 0 unspecified atom stereocenters. The molecule has 0 aliphatic carbocycles. The Labute approximate surface area is 131 Å². The Morgan fingerprint density at radius 1 is 1.14 bits per heavy atom. The quantitative estimate of drug-likeness (QED) is 0.761. The van der Waals surface area contributed by atoms with Crippen LogP contribution in [0.25, 0.3) is 11.5 Å². The van der Waals surface area contributed by atoms with Crippen molar-refractivity contribution < 1.29 is 4.52 Å². The lowest BCUT2D eigenvalue weighted by atomic mass is 10.2. The zero-order valence-corrected chi connectivity index (χ0v) is 13.1. The summed E-state index contributed by atoms with van der Waals surface area (Å²) in [4.78, 5) is 4.39. The van der Waals surface area contributed by atoms with E-state index in [-0.39, 0.29) is 0 Å². The van der Waals surface area contributed by atoms with Crippen LogP contribution < -0.4 is 5.32 Å². The Bertz CT molecular complexity index is 740. The third-order valence-corrected chi connectivity index (χ3v) is 3.61. The smallest absolute Gasteiger partial charge is 0.257 e. The fraction of sp³-hybridized carbons (Fsp3) is 0.125. The number of aryl methyl sites for hydroxylation is 1. The minimum absolute atomic E-state index is 0.527. The van der Waals surface area contributed by atoms with E-state index in [4.69, 9.17) is 4.52 Å². The summed E-state index contributed by atoms with van der Waals surface area (Å²) in [6.45, 7) is 2.58. The zero-order chi connectivity index (χ0) is 14.7. The molecule has 0 saturated heterocycles. The molecule has 0 radical (unpaired) electrons. The molecule has 3 rings (SSSR count). The van der Waals surface area contributed by atoms with Crippen LogP contribution in [0.15, 0.2) is 57.5 Å². The number of benzene rings is 2. The van der Waals surface area contributed by atoms with E-state index >= 15 is 0 Å². The number of nitrogens with one attached hydrogen (secondary N) is 1. The Hall–Kier alpha value is -2.14. The molecule has 0 aliphatic heterocycles. The molecule has 0 atom stereocenters. The molecule has 1 aromatic heterocycles. The number of hydrogen-bond acceptors (Lipinski definition) is 4. The van der Waals surface area contributed by atoms with Gasteiger partial charge in [0, 0.05) is 15.7 Å². The van der Waals surface area contributed by atoms with Gasteiger partial charge in [0.25, 0.3) is 5.89 Å². The fourth-order valence-electron chi connectivity index (χ4n) is 2.02. The average molecular weight is 344 g/mol. The number of anilines is 1. The van der Waals surface area contributed by atoms with Crippen LogP contribution >= 0.6 is 15.9 Å². The maximum atomic E-state index is 5.28. The third-order valence-electron chi connectivity index (χ3n) is 3.11. The Kier molecular flexibility index (Phi) is 4.01. The lowest BCUT2D eigenvalue weighted by Crippen LogP contribution is -2.02. The van der Waals surface area contributed by atoms with Crippen LogP contribution in [0.4, 0.5) is 5.69 Å². The molecule has 1 N–H and O–H groups in total. The molecule has 0 amide bonds. The monoisotopic (exact) mass is 343 g/mol. The highest BCUT2D eigenvalue weighted by Gasteiger charge is 2.08. The summed E-state index contributed by atoms with van der Waals surface area (Å²) in [5, 5.41) is 7.31. The van der Waals surface area contributed by atoms with Crippen LogP contribution in [0.5, 0.6) is 0 Å². The summed E-state index contributed by atoms with van der Waals surface area (Å²) in [5.41, 5.74) is 3.15. The maximum Gasteiger partial charge on any atom is 0.257 e. The van der Waals surface area contributed by atoms with Gasteiger partial charge >= 0.3 is 0 Å². The van der Waals surface area contributed by atoms with Crippen molar-refractivity contribution in [1.82, 2.24) is 10.1 Å². The molecular weight excluding hydrogens is 330 g/mol. The summed E-state index contributed by atoms with van der Waals surface area (Å²) >= 11 is 3.45. The van der Waals surface area contributed by atoms with Gasteiger partial charge in [-0.25, -0.2) is 0 Å². The topological polar surface area (TPSA) is 51.0 Å². The van der Waals surface area contributed by atoms with E-state index < -0.39 is 0 Å². The van der Waals surface area contributed by atoms with E-state index in [0.717, 1.165) is 21.3 Å². The predicted octanol–water partition coefficient (Wildman–Crippen LogP) is 4.42. The zero-order valence-electron chi connectivity index (χ0n) is 11.5. The second-order valence-corrected chi connectivity index (χ2v) is 5.61. The first kappa shape index (κ1) is 13.8. The summed E-state index contributed by atoms with van der Waals surface area (Å²) in [6.07, 6.45) is 0. The van der Waals surface area contributed by atoms with Gasteiger partial charge < -0.3 is 9.84 Å². The van der Waals surface area contributed by atoms with Gasteiger partial charge in [0.2, 0.25) is 0 Å². The number of aromatic nitrogens is 2. The molecule has 0 spiro atoms. The minimum Gasteiger partial charge on any atom is -0.377 e. The van der Waals surface area contributed by atoms with E-state index in [1.165, 1.54) is 0 Å². The van der Waals surface area contributed by atoms with Crippen molar-refractivity contribution in [3.63, 3.8) is 0 Å². The predicted molar refractivity (Wildman–Crippen MR) is 85.9 cm³/mol. The lowest BCUT2D eigenvalue weighted by Gasteiger charge is -2.07. The van der Waals surface area contributed by atoms with Crippen LogP contribution in [-0.4, -0.2) is 10.1 Å². The Morgan fingerprint density at radius 2 is 1.95 bits per heavy atom. The van der Waals surface area contributed by atoms with Crippen LogP contribution in [0.1, 0.15) is 11.4 Å². The highest BCUT2D eigenvalue weighted by molar-refractivity contribution is 9.10. The van der Waals surface area contributed by atoms with Crippen molar-refractivity contribution in [2.75, 3.05) is 5.32 Å². The van der Waals surface area contributed by atoms with E-state index in [9.17, 15) is 0 Å². The molecule has 4 nitrogen and oxygen atoms in total. The largest absolute Gasteiger partial charge is 0.377 e. The van der Waals surface area contributed by atoms with Crippen LogP contribution in [0.3, 0.4) is 0 Å². The summed E-state index contributed by atoms with van der Waals surface area (Å²) in [5.74, 6) is 1.18. The minimum atomic E-state index is 0.527. The summed E-state index contributed by atoms with van der Waals surface area (Å²) in [7, 11) is 0. The standard InChI is InChI=1S/C16H14BrN3O/c1-11-9-13(17)7-8-14(11)18-10-15-19-16(21-20-15)12-5-3-2-4-6-12/h2-9,18H,10H2,1H3. The first-order valence-corrected chi connectivity index (χ1v) is 7.40. The number of hydrogen-bond donors (Lipinski definition) is 1. The van der Waals surface area contributed by atoms with Crippen molar-refractivity contribution in [3.8, 4) is 11.5 Å². The summed E-state index contributed by atoms with van der Waals surface area (Å²) in [6, 6.07) is 15.8. The van der Waals surface area contributed by atoms with Crippen molar-refractivity contribution in [1.29, 1.82) is 0 Å². The van der Waals surface area contributed by atoms with E-state index in [1.807, 2.05) is 42.5 Å². The third kappa shape index (κ3) is 3.31. The first-order valence-electron chi connectivity index (χ1n) is 6.60. The second kappa shape index (κ2) is 6.10. The molecule has 2 aromatic carbocycles. The molecule has 1 heterocycles. The number of rotatable bonds is 4. The van der Waals surface area contributed by atoms with E-state index in [2.05, 4.69) is 44.4 Å². The van der Waals surface area contributed by atoms with Gasteiger partial charge in [-0.05, 0) is 42.8 Å². The van der Waals surface area contributed by atoms with Gasteiger partial charge in [0.05, 0.1) is 6.54 Å². The van der Waals surface area contributed by atoms with Gasteiger partial charge in [-0.1, -0.05) is 39.3 Å². The lowest BCUT2D eigenvalue weighted by molar-refractivity contribution is 0.423.